The van der Waals surface area contributed by atoms with E-state index in [4.69, 9.17) is 9.73 Å². The number of carbonyl (C=O) groups is 1. The summed E-state index contributed by atoms with van der Waals surface area (Å²) in [6.07, 6.45) is 3.50. The number of amides is 1. The second kappa shape index (κ2) is 11.9. The molecule has 0 radical (unpaired) electrons. The van der Waals surface area contributed by atoms with E-state index in [1.165, 1.54) is 12.1 Å². The average molecular weight is 420 g/mol. The van der Waals surface area contributed by atoms with Gasteiger partial charge in [-0.2, -0.15) is 0 Å². The molecule has 8 heteroatoms. The summed E-state index contributed by atoms with van der Waals surface area (Å²) in [4.78, 5) is 18.9. The number of nitrogens with zero attached hydrogens (tertiary/aromatic N) is 2. The SMILES string of the molecule is CCNC(=NCC(c1ccc(F)cc1)N1CCOCC1)NCCCC(=O)NC1CC1. The van der Waals surface area contributed by atoms with Crippen molar-refractivity contribution in [2.24, 2.45) is 4.99 Å². The van der Waals surface area contributed by atoms with E-state index in [2.05, 4.69) is 20.9 Å². The molecule has 1 saturated heterocycles. The van der Waals surface area contributed by atoms with Crippen molar-refractivity contribution in [3.63, 3.8) is 0 Å². The fraction of sp³-hybridized carbons (Fsp3) is 0.636. The summed E-state index contributed by atoms with van der Waals surface area (Å²) in [6, 6.07) is 7.15. The van der Waals surface area contributed by atoms with Crippen molar-refractivity contribution < 1.29 is 13.9 Å². The molecule has 30 heavy (non-hydrogen) atoms. The van der Waals surface area contributed by atoms with Crippen molar-refractivity contribution in [2.45, 2.75) is 44.7 Å². The molecule has 1 heterocycles. The smallest absolute Gasteiger partial charge is 0.220 e. The number of nitrogens with one attached hydrogen (secondary N) is 3. The first-order valence-corrected chi connectivity index (χ1v) is 11.0. The fourth-order valence-electron chi connectivity index (χ4n) is 3.51. The number of halogens is 1. The van der Waals surface area contributed by atoms with Crippen molar-refractivity contribution in [3.05, 3.63) is 35.6 Å². The molecule has 1 amide bonds. The minimum Gasteiger partial charge on any atom is -0.379 e. The van der Waals surface area contributed by atoms with Crippen LogP contribution < -0.4 is 16.0 Å². The number of hydrogen-bond donors (Lipinski definition) is 3. The Kier molecular flexibility index (Phi) is 8.89. The largest absolute Gasteiger partial charge is 0.379 e. The van der Waals surface area contributed by atoms with E-state index in [0.29, 0.717) is 38.8 Å². The van der Waals surface area contributed by atoms with E-state index in [0.717, 1.165) is 50.4 Å². The maximum Gasteiger partial charge on any atom is 0.220 e. The lowest BCUT2D eigenvalue weighted by Gasteiger charge is -2.34. The van der Waals surface area contributed by atoms with Crippen LogP contribution in [0.2, 0.25) is 0 Å². The Morgan fingerprint density at radius 1 is 1.23 bits per heavy atom. The topological polar surface area (TPSA) is 78.0 Å². The highest BCUT2D eigenvalue weighted by molar-refractivity contribution is 5.80. The summed E-state index contributed by atoms with van der Waals surface area (Å²) < 4.78 is 18.9. The maximum absolute atomic E-state index is 13.4. The van der Waals surface area contributed by atoms with Crippen LogP contribution in [0.25, 0.3) is 0 Å². The third-order valence-electron chi connectivity index (χ3n) is 5.32. The Morgan fingerprint density at radius 2 is 1.97 bits per heavy atom. The van der Waals surface area contributed by atoms with Crippen molar-refractivity contribution in [2.75, 3.05) is 45.9 Å². The number of aliphatic imine (C=N–C) groups is 1. The van der Waals surface area contributed by atoms with Gasteiger partial charge in [-0.3, -0.25) is 14.7 Å². The summed E-state index contributed by atoms with van der Waals surface area (Å²) >= 11 is 0. The summed E-state index contributed by atoms with van der Waals surface area (Å²) in [5, 5.41) is 9.60. The Morgan fingerprint density at radius 3 is 2.63 bits per heavy atom. The molecule has 1 aliphatic heterocycles. The summed E-state index contributed by atoms with van der Waals surface area (Å²) in [5.74, 6) is 0.633. The first kappa shape index (κ1) is 22.5. The average Bonchev–Trinajstić information content (AvgIpc) is 3.57. The van der Waals surface area contributed by atoms with E-state index in [-0.39, 0.29) is 17.8 Å². The lowest BCUT2D eigenvalue weighted by Crippen LogP contribution is -2.42. The fourth-order valence-corrected chi connectivity index (χ4v) is 3.51. The Bertz CT molecular complexity index is 687. The second-order valence-corrected chi connectivity index (χ2v) is 7.81. The van der Waals surface area contributed by atoms with Gasteiger partial charge in [-0.25, -0.2) is 4.39 Å². The standard InChI is InChI=1S/C22H34FN5O2/c1-2-24-22(25-11-3-4-21(29)27-19-9-10-19)26-16-20(28-12-14-30-15-13-28)17-5-7-18(23)8-6-17/h5-8,19-20H,2-4,9-16H2,1H3,(H,27,29)(H2,24,25,26). The van der Waals surface area contributed by atoms with Crippen LogP contribution in [0.1, 0.15) is 44.2 Å². The van der Waals surface area contributed by atoms with Gasteiger partial charge in [0, 0.05) is 38.6 Å². The van der Waals surface area contributed by atoms with Crippen LogP contribution in [0.15, 0.2) is 29.3 Å². The van der Waals surface area contributed by atoms with E-state index in [1.807, 2.05) is 19.1 Å². The number of guanidine groups is 1. The van der Waals surface area contributed by atoms with Gasteiger partial charge in [-0.05, 0) is 43.9 Å². The van der Waals surface area contributed by atoms with E-state index < -0.39 is 0 Å². The summed E-state index contributed by atoms with van der Waals surface area (Å²) in [5.41, 5.74) is 1.05. The second-order valence-electron chi connectivity index (χ2n) is 7.81. The zero-order chi connectivity index (χ0) is 21.2. The number of rotatable bonds is 10. The minimum absolute atomic E-state index is 0.0641. The van der Waals surface area contributed by atoms with Gasteiger partial charge in [0.15, 0.2) is 5.96 Å². The molecule has 0 aromatic heterocycles. The molecule has 166 valence electrons. The number of benzene rings is 1. The molecule has 2 aliphatic rings. The highest BCUT2D eigenvalue weighted by atomic mass is 19.1. The molecule has 1 aliphatic carbocycles. The number of hydrogen-bond acceptors (Lipinski definition) is 4. The molecule has 1 aromatic rings. The van der Waals surface area contributed by atoms with Crippen LogP contribution in [-0.4, -0.2) is 68.7 Å². The molecule has 1 atom stereocenters. The molecule has 2 fully saturated rings. The molecular formula is C22H34FN5O2. The molecule has 1 saturated carbocycles. The van der Waals surface area contributed by atoms with Gasteiger partial charge in [0.05, 0.1) is 25.8 Å². The van der Waals surface area contributed by atoms with Gasteiger partial charge >= 0.3 is 0 Å². The molecule has 3 rings (SSSR count). The number of carbonyl (C=O) groups excluding carboxylic acids is 1. The number of morpholine rings is 1. The Hall–Kier alpha value is -2.19. The van der Waals surface area contributed by atoms with Crippen molar-refractivity contribution >= 4 is 11.9 Å². The number of ether oxygens (including phenoxy) is 1. The normalized spacial score (nSPS) is 18.7. The van der Waals surface area contributed by atoms with Crippen molar-refractivity contribution in [1.82, 2.24) is 20.9 Å². The molecular weight excluding hydrogens is 385 g/mol. The molecule has 1 unspecified atom stereocenters. The van der Waals surface area contributed by atoms with Crippen molar-refractivity contribution in [1.29, 1.82) is 0 Å². The predicted octanol–water partition coefficient (Wildman–Crippen LogP) is 1.81. The van der Waals surface area contributed by atoms with Crippen LogP contribution in [0, 0.1) is 5.82 Å². The monoisotopic (exact) mass is 419 g/mol. The van der Waals surface area contributed by atoms with Crippen molar-refractivity contribution in [3.8, 4) is 0 Å². The quantitative estimate of drug-likeness (QED) is 0.306. The zero-order valence-electron chi connectivity index (χ0n) is 17.8. The third-order valence-corrected chi connectivity index (χ3v) is 5.32. The van der Waals surface area contributed by atoms with Crippen LogP contribution >= 0.6 is 0 Å². The summed E-state index contributed by atoms with van der Waals surface area (Å²) in [6.45, 7) is 7.08. The van der Waals surface area contributed by atoms with Gasteiger partial charge in [0.25, 0.3) is 0 Å². The van der Waals surface area contributed by atoms with E-state index >= 15 is 0 Å². The lowest BCUT2D eigenvalue weighted by atomic mass is 10.0. The minimum atomic E-state index is -0.233. The van der Waals surface area contributed by atoms with Gasteiger partial charge in [0.2, 0.25) is 5.91 Å². The first-order chi connectivity index (χ1) is 14.7. The van der Waals surface area contributed by atoms with Crippen LogP contribution in [0.5, 0.6) is 0 Å². The Balaban J connectivity index is 1.55. The molecule has 3 N–H and O–H groups in total. The van der Waals surface area contributed by atoms with E-state index in [9.17, 15) is 9.18 Å². The van der Waals surface area contributed by atoms with Gasteiger partial charge in [-0.15, -0.1) is 0 Å². The highest BCUT2D eigenvalue weighted by Crippen LogP contribution is 2.23. The van der Waals surface area contributed by atoms with Gasteiger partial charge < -0.3 is 20.7 Å². The van der Waals surface area contributed by atoms with Crippen LogP contribution in [0.4, 0.5) is 4.39 Å². The summed E-state index contributed by atoms with van der Waals surface area (Å²) in [7, 11) is 0. The molecule has 7 nitrogen and oxygen atoms in total. The third kappa shape index (κ3) is 7.57. The predicted molar refractivity (Wildman–Crippen MR) is 116 cm³/mol. The van der Waals surface area contributed by atoms with Gasteiger partial charge in [0.1, 0.15) is 5.82 Å². The highest BCUT2D eigenvalue weighted by Gasteiger charge is 2.23. The molecule has 0 spiro atoms. The van der Waals surface area contributed by atoms with Crippen LogP contribution in [0.3, 0.4) is 0 Å². The first-order valence-electron chi connectivity index (χ1n) is 11.0. The van der Waals surface area contributed by atoms with Gasteiger partial charge in [-0.1, -0.05) is 12.1 Å². The Labute approximate surface area is 178 Å². The zero-order valence-corrected chi connectivity index (χ0v) is 17.8. The maximum atomic E-state index is 13.4. The molecule has 0 bridgehead atoms. The van der Waals surface area contributed by atoms with E-state index in [1.54, 1.807) is 0 Å². The molecule has 1 aromatic carbocycles. The van der Waals surface area contributed by atoms with Crippen LogP contribution in [-0.2, 0) is 9.53 Å². The lowest BCUT2D eigenvalue weighted by molar-refractivity contribution is -0.121.